The Hall–Kier alpha value is -0.510. The summed E-state index contributed by atoms with van der Waals surface area (Å²) in [5.74, 6) is -2.98. The van der Waals surface area contributed by atoms with Crippen LogP contribution in [0.2, 0.25) is 0 Å². The molecule has 0 amide bonds. The van der Waals surface area contributed by atoms with Gasteiger partial charge in [-0.1, -0.05) is 0 Å². The van der Waals surface area contributed by atoms with Gasteiger partial charge in [0.15, 0.2) is 0 Å². The Morgan fingerprint density at radius 1 is 1.64 bits per heavy atom. The Morgan fingerprint density at radius 3 is 2.55 bits per heavy atom. The molecule has 0 heterocycles. The molecule has 1 rings (SSSR count). The molecule has 1 N–H and O–H groups in total. The molecule has 1 fully saturated rings. The van der Waals surface area contributed by atoms with E-state index in [1.165, 1.54) is 0 Å². The van der Waals surface area contributed by atoms with Crippen molar-refractivity contribution in [2.75, 3.05) is 0 Å². The van der Waals surface area contributed by atoms with Gasteiger partial charge in [-0.2, -0.15) is 0 Å². The van der Waals surface area contributed by atoms with E-state index in [1.54, 1.807) is 0 Å². The van der Waals surface area contributed by atoms with Gasteiger partial charge in [-0.15, -0.1) is 0 Å². The topological polar surface area (TPSA) is 37.3 Å². The van der Waals surface area contributed by atoms with Crippen LogP contribution in [0.15, 0.2) is 0 Å². The average molecular weight is 164 g/mol. The van der Waals surface area contributed by atoms with E-state index >= 15 is 0 Å². The van der Waals surface area contributed by atoms with Crippen LogP contribution in [0.25, 0.3) is 0 Å². The fourth-order valence-corrected chi connectivity index (χ4v) is 1.27. The van der Waals surface area contributed by atoms with Gasteiger partial charge in [-0.3, -0.25) is 0 Å². The summed E-state index contributed by atoms with van der Waals surface area (Å²) >= 11 is 0. The van der Waals surface area contributed by atoms with E-state index < -0.39 is 12.0 Å². The summed E-state index contributed by atoms with van der Waals surface area (Å²) in [4.78, 5) is 9.87. The maximum absolute atomic E-state index is 12.2. The minimum absolute atomic E-state index is 0.0270. The van der Waals surface area contributed by atoms with Crippen LogP contribution < -0.4 is 0 Å². The van der Waals surface area contributed by atoms with E-state index in [0.29, 0.717) is 6.29 Å². The van der Waals surface area contributed by atoms with E-state index in [0.717, 1.165) is 0 Å². The quantitative estimate of drug-likeness (QED) is 0.631. The molecule has 64 valence electrons. The number of hydrogen-bond donors (Lipinski definition) is 1. The zero-order valence-corrected chi connectivity index (χ0v) is 5.96. The zero-order chi connectivity index (χ0) is 8.48. The molecule has 0 radical (unpaired) electrons. The Labute approximate surface area is 63.2 Å². The third kappa shape index (κ3) is 1.96. The number of aldehydes is 1. The predicted octanol–water partition coefficient (Wildman–Crippen LogP) is 0.982. The van der Waals surface area contributed by atoms with E-state index in [1.807, 2.05) is 0 Å². The van der Waals surface area contributed by atoms with Crippen molar-refractivity contribution in [1.82, 2.24) is 0 Å². The molecule has 1 atom stereocenters. The van der Waals surface area contributed by atoms with Crippen molar-refractivity contribution in [3.05, 3.63) is 0 Å². The van der Waals surface area contributed by atoms with Crippen molar-refractivity contribution in [1.29, 1.82) is 0 Å². The fourth-order valence-electron chi connectivity index (χ4n) is 1.27. The predicted molar refractivity (Wildman–Crippen MR) is 34.4 cm³/mol. The first-order valence-corrected chi connectivity index (χ1v) is 3.55. The lowest BCUT2D eigenvalue weighted by Crippen LogP contribution is -2.42. The van der Waals surface area contributed by atoms with Gasteiger partial charge in [0.25, 0.3) is 0 Å². The molecule has 0 bridgehead atoms. The van der Waals surface area contributed by atoms with Crippen molar-refractivity contribution in [3.63, 3.8) is 0 Å². The molecule has 1 saturated carbocycles. The highest BCUT2D eigenvalue weighted by Gasteiger charge is 2.47. The summed E-state index contributed by atoms with van der Waals surface area (Å²) in [5, 5.41) is 9.04. The van der Waals surface area contributed by atoms with Crippen LogP contribution in [0.1, 0.15) is 19.3 Å². The molecule has 2 nitrogen and oxygen atoms in total. The molecule has 0 aliphatic heterocycles. The van der Waals surface area contributed by atoms with Crippen LogP contribution in [0.3, 0.4) is 0 Å². The summed E-state index contributed by atoms with van der Waals surface area (Å²) in [6.45, 7) is 0. The second-order valence-electron chi connectivity index (χ2n) is 2.99. The number of aliphatic hydroxyl groups is 1. The molecule has 4 heteroatoms. The Bertz CT molecular complexity index is 151. The highest BCUT2D eigenvalue weighted by atomic mass is 19.3. The molecule has 1 aliphatic rings. The van der Waals surface area contributed by atoms with Crippen molar-refractivity contribution >= 4 is 6.29 Å². The monoisotopic (exact) mass is 164 g/mol. The number of hydrogen-bond acceptors (Lipinski definition) is 2. The Kier molecular flexibility index (Phi) is 2.23. The summed E-state index contributed by atoms with van der Waals surface area (Å²) < 4.78 is 24.4. The minimum Gasteiger partial charge on any atom is -0.392 e. The van der Waals surface area contributed by atoms with Crippen LogP contribution in [-0.4, -0.2) is 23.4 Å². The molecule has 11 heavy (non-hydrogen) atoms. The third-order valence-corrected chi connectivity index (χ3v) is 2.00. The van der Waals surface area contributed by atoms with E-state index in [2.05, 4.69) is 0 Å². The fraction of sp³-hybridized carbons (Fsp3) is 0.857. The van der Waals surface area contributed by atoms with Crippen molar-refractivity contribution in [3.8, 4) is 0 Å². The van der Waals surface area contributed by atoms with Crippen LogP contribution in [0.5, 0.6) is 0 Å². The Balaban J connectivity index is 2.26. The highest BCUT2D eigenvalue weighted by molar-refractivity contribution is 5.50. The summed E-state index contributed by atoms with van der Waals surface area (Å²) in [7, 11) is 0. The SMILES string of the molecule is O=CCC(O)C1CC(F)(F)C1. The summed E-state index contributed by atoms with van der Waals surface area (Å²) in [6, 6.07) is 0. The molecule has 0 aromatic heterocycles. The number of halogens is 2. The normalized spacial score (nSPS) is 25.7. The van der Waals surface area contributed by atoms with Gasteiger partial charge in [0.1, 0.15) is 6.29 Å². The second kappa shape index (κ2) is 2.85. The van der Waals surface area contributed by atoms with Crippen LogP contribution >= 0.6 is 0 Å². The van der Waals surface area contributed by atoms with Gasteiger partial charge in [-0.05, 0) is 5.92 Å². The van der Waals surface area contributed by atoms with E-state index in [-0.39, 0.29) is 25.2 Å². The maximum Gasteiger partial charge on any atom is 0.248 e. The first-order chi connectivity index (χ1) is 5.05. The first-order valence-electron chi connectivity index (χ1n) is 3.55. The molecule has 0 aromatic carbocycles. The number of carbonyl (C=O) groups excluding carboxylic acids is 1. The lowest BCUT2D eigenvalue weighted by atomic mass is 9.77. The van der Waals surface area contributed by atoms with Crippen molar-refractivity contribution in [2.24, 2.45) is 5.92 Å². The number of alkyl halides is 2. The first kappa shape index (κ1) is 8.59. The van der Waals surface area contributed by atoms with Crippen molar-refractivity contribution in [2.45, 2.75) is 31.3 Å². The van der Waals surface area contributed by atoms with Gasteiger partial charge in [-0.25, -0.2) is 8.78 Å². The molecule has 0 saturated heterocycles. The standard InChI is InChI=1S/C7H10F2O2/c8-7(9)3-5(4-7)6(11)1-2-10/h2,5-6,11H,1,3-4H2. The van der Waals surface area contributed by atoms with Gasteiger partial charge in [0, 0.05) is 19.3 Å². The smallest absolute Gasteiger partial charge is 0.248 e. The maximum atomic E-state index is 12.2. The molecule has 0 aromatic rings. The third-order valence-electron chi connectivity index (χ3n) is 2.00. The summed E-state index contributed by atoms with van der Waals surface area (Å²) in [5.41, 5.74) is 0. The van der Waals surface area contributed by atoms with E-state index in [9.17, 15) is 13.6 Å². The number of rotatable bonds is 3. The molecular formula is C7H10F2O2. The largest absolute Gasteiger partial charge is 0.392 e. The molecule has 1 unspecified atom stereocenters. The van der Waals surface area contributed by atoms with Gasteiger partial charge in [0.2, 0.25) is 5.92 Å². The number of carbonyl (C=O) groups is 1. The molecular weight excluding hydrogens is 154 g/mol. The van der Waals surface area contributed by atoms with Gasteiger partial charge in [0.05, 0.1) is 6.10 Å². The van der Waals surface area contributed by atoms with Crippen LogP contribution in [0.4, 0.5) is 8.78 Å². The van der Waals surface area contributed by atoms with Gasteiger partial charge >= 0.3 is 0 Å². The summed E-state index contributed by atoms with van der Waals surface area (Å²) in [6.07, 6.45) is -0.890. The lowest BCUT2D eigenvalue weighted by Gasteiger charge is -2.37. The van der Waals surface area contributed by atoms with Gasteiger partial charge < -0.3 is 9.90 Å². The van der Waals surface area contributed by atoms with Crippen LogP contribution in [0, 0.1) is 5.92 Å². The zero-order valence-electron chi connectivity index (χ0n) is 5.96. The van der Waals surface area contributed by atoms with Crippen molar-refractivity contribution < 1.29 is 18.7 Å². The Morgan fingerprint density at radius 2 is 2.18 bits per heavy atom. The molecule has 0 spiro atoms. The molecule has 1 aliphatic carbocycles. The second-order valence-corrected chi connectivity index (χ2v) is 2.99. The number of aliphatic hydroxyl groups excluding tert-OH is 1. The highest BCUT2D eigenvalue weighted by Crippen LogP contribution is 2.44. The van der Waals surface area contributed by atoms with E-state index in [4.69, 9.17) is 5.11 Å². The van der Waals surface area contributed by atoms with Crippen LogP contribution in [-0.2, 0) is 4.79 Å². The lowest BCUT2D eigenvalue weighted by molar-refractivity contribution is -0.144. The minimum atomic E-state index is -2.60. The average Bonchev–Trinajstić information content (AvgIpc) is 1.83.